The Kier molecular flexibility index (Phi) is 2.97. The van der Waals surface area contributed by atoms with E-state index in [1.165, 1.54) is 12.8 Å². The number of carboxylic acid groups (broad SMARTS) is 1. The molecule has 2 fully saturated rings. The van der Waals surface area contributed by atoms with Crippen molar-refractivity contribution in [1.29, 1.82) is 0 Å². The van der Waals surface area contributed by atoms with Gasteiger partial charge in [0.05, 0.1) is 6.42 Å². The number of carboxylic acids is 1. The van der Waals surface area contributed by atoms with Crippen LogP contribution in [0.15, 0.2) is 0 Å². The van der Waals surface area contributed by atoms with E-state index in [9.17, 15) is 4.79 Å². The molecule has 0 amide bonds. The fourth-order valence-corrected chi connectivity index (χ4v) is 3.01. The van der Waals surface area contributed by atoms with Crippen LogP contribution in [0.5, 0.6) is 0 Å². The zero-order valence-corrected chi connectivity index (χ0v) is 10.4. The minimum absolute atomic E-state index is 0.159. The number of likely N-dealkylation sites (N-methyl/N-ethyl adjacent to an activating group) is 1. The van der Waals surface area contributed by atoms with Gasteiger partial charge in [0.2, 0.25) is 0 Å². The largest absolute Gasteiger partial charge is 0.481 e. The molecule has 1 saturated heterocycles. The summed E-state index contributed by atoms with van der Waals surface area (Å²) < 4.78 is 0. The first-order chi connectivity index (χ1) is 7.44. The molecule has 1 heterocycles. The maximum atomic E-state index is 11.0. The Hall–Kier alpha value is -0.610. The number of aliphatic carboxylic acids is 1. The van der Waals surface area contributed by atoms with Gasteiger partial charge in [0.25, 0.3) is 0 Å². The van der Waals surface area contributed by atoms with Crippen LogP contribution in [-0.2, 0) is 4.79 Å². The number of likely N-dealkylation sites (tertiary alicyclic amines) is 1. The third-order valence-electron chi connectivity index (χ3n) is 4.16. The number of rotatable bonds is 4. The predicted octanol–water partition coefficient (Wildman–Crippen LogP) is 1.02. The van der Waals surface area contributed by atoms with Crippen LogP contribution >= 0.6 is 0 Å². The molecule has 1 saturated carbocycles. The van der Waals surface area contributed by atoms with Gasteiger partial charge in [-0.25, -0.2) is 0 Å². The molecule has 2 rings (SSSR count). The molecule has 4 nitrogen and oxygen atoms in total. The highest BCUT2D eigenvalue weighted by molar-refractivity contribution is 5.68. The molecule has 0 aromatic carbocycles. The molecule has 0 aromatic heterocycles. The normalized spacial score (nSPS) is 35.9. The number of carbonyl (C=O) groups is 1. The van der Waals surface area contributed by atoms with Crippen molar-refractivity contribution in [1.82, 2.24) is 9.80 Å². The topological polar surface area (TPSA) is 43.8 Å². The molecule has 92 valence electrons. The van der Waals surface area contributed by atoms with E-state index >= 15 is 0 Å². The molecule has 2 unspecified atom stereocenters. The van der Waals surface area contributed by atoms with Crippen molar-refractivity contribution in [3.05, 3.63) is 0 Å². The SMILES string of the molecule is CC1CC(CC(=O)O)(N(C)C)CN1C1CC1. The van der Waals surface area contributed by atoms with E-state index < -0.39 is 5.97 Å². The first-order valence-corrected chi connectivity index (χ1v) is 6.09. The van der Waals surface area contributed by atoms with Gasteiger partial charge in [0.15, 0.2) is 0 Å². The van der Waals surface area contributed by atoms with E-state index in [0.717, 1.165) is 19.0 Å². The highest BCUT2D eigenvalue weighted by Gasteiger charge is 2.49. The Morgan fingerprint density at radius 2 is 2.12 bits per heavy atom. The average Bonchev–Trinajstić information content (AvgIpc) is 2.91. The van der Waals surface area contributed by atoms with E-state index in [2.05, 4.69) is 16.7 Å². The molecule has 2 aliphatic rings. The monoisotopic (exact) mass is 226 g/mol. The van der Waals surface area contributed by atoms with Gasteiger partial charge in [0, 0.05) is 24.2 Å². The summed E-state index contributed by atoms with van der Waals surface area (Å²) in [5, 5.41) is 9.07. The smallest absolute Gasteiger partial charge is 0.305 e. The Morgan fingerprint density at radius 3 is 2.56 bits per heavy atom. The lowest BCUT2D eigenvalue weighted by Gasteiger charge is -2.35. The van der Waals surface area contributed by atoms with E-state index in [-0.39, 0.29) is 12.0 Å². The number of hydrogen-bond acceptors (Lipinski definition) is 3. The maximum Gasteiger partial charge on any atom is 0.305 e. The Bertz CT molecular complexity index is 289. The summed E-state index contributed by atoms with van der Waals surface area (Å²) in [6, 6.07) is 1.25. The minimum atomic E-state index is -0.682. The maximum absolute atomic E-state index is 11.0. The second-order valence-corrected chi connectivity index (χ2v) is 5.65. The molecule has 1 aliphatic carbocycles. The van der Waals surface area contributed by atoms with Crippen molar-refractivity contribution >= 4 is 5.97 Å². The van der Waals surface area contributed by atoms with E-state index in [0.29, 0.717) is 6.04 Å². The van der Waals surface area contributed by atoms with Crippen LogP contribution in [0.25, 0.3) is 0 Å². The van der Waals surface area contributed by atoms with Gasteiger partial charge in [-0.15, -0.1) is 0 Å². The van der Waals surface area contributed by atoms with Gasteiger partial charge in [-0.3, -0.25) is 9.69 Å². The van der Waals surface area contributed by atoms with Crippen LogP contribution in [0.3, 0.4) is 0 Å². The van der Waals surface area contributed by atoms with Gasteiger partial charge in [0.1, 0.15) is 0 Å². The van der Waals surface area contributed by atoms with E-state index in [4.69, 9.17) is 5.11 Å². The number of nitrogens with zero attached hydrogens (tertiary/aromatic N) is 2. The van der Waals surface area contributed by atoms with Gasteiger partial charge in [-0.2, -0.15) is 0 Å². The van der Waals surface area contributed by atoms with Crippen molar-refractivity contribution in [2.75, 3.05) is 20.6 Å². The molecule has 16 heavy (non-hydrogen) atoms. The van der Waals surface area contributed by atoms with Crippen molar-refractivity contribution < 1.29 is 9.90 Å². The van der Waals surface area contributed by atoms with Crippen molar-refractivity contribution in [2.45, 2.75) is 50.2 Å². The van der Waals surface area contributed by atoms with E-state index in [1.54, 1.807) is 0 Å². The second kappa shape index (κ2) is 4.00. The summed E-state index contributed by atoms with van der Waals surface area (Å²) in [7, 11) is 4.01. The summed E-state index contributed by atoms with van der Waals surface area (Å²) in [6.07, 6.45) is 3.82. The van der Waals surface area contributed by atoms with Crippen LogP contribution in [0.2, 0.25) is 0 Å². The van der Waals surface area contributed by atoms with Gasteiger partial charge < -0.3 is 10.0 Å². The third kappa shape index (κ3) is 2.09. The van der Waals surface area contributed by atoms with Crippen LogP contribution in [-0.4, -0.2) is 59.1 Å². The van der Waals surface area contributed by atoms with Crippen LogP contribution in [0.1, 0.15) is 32.6 Å². The average molecular weight is 226 g/mol. The first kappa shape index (κ1) is 11.9. The van der Waals surface area contributed by atoms with Crippen molar-refractivity contribution in [2.24, 2.45) is 0 Å². The summed E-state index contributed by atoms with van der Waals surface area (Å²) in [5.74, 6) is -0.682. The molecule has 0 aromatic rings. The molecule has 1 N–H and O–H groups in total. The Balaban J connectivity index is 2.12. The molecular formula is C12H22N2O2. The van der Waals surface area contributed by atoms with Gasteiger partial charge in [-0.05, 0) is 40.3 Å². The fourth-order valence-electron chi connectivity index (χ4n) is 3.01. The molecule has 0 radical (unpaired) electrons. The second-order valence-electron chi connectivity index (χ2n) is 5.65. The van der Waals surface area contributed by atoms with E-state index in [1.807, 2.05) is 14.1 Å². The standard InChI is InChI=1S/C12H22N2O2/c1-9-6-12(13(2)3,7-11(15)16)8-14(9)10-4-5-10/h9-10H,4-8H2,1-3H3,(H,15,16). The van der Waals surface area contributed by atoms with Crippen LogP contribution in [0, 0.1) is 0 Å². The molecule has 0 bridgehead atoms. The highest BCUT2D eigenvalue weighted by atomic mass is 16.4. The van der Waals surface area contributed by atoms with Gasteiger partial charge >= 0.3 is 5.97 Å². The van der Waals surface area contributed by atoms with Crippen LogP contribution in [0.4, 0.5) is 0 Å². The predicted molar refractivity (Wildman–Crippen MR) is 62.5 cm³/mol. The molecular weight excluding hydrogens is 204 g/mol. The zero-order chi connectivity index (χ0) is 11.9. The summed E-state index contributed by atoms with van der Waals surface area (Å²) in [5.41, 5.74) is -0.159. The lowest BCUT2D eigenvalue weighted by molar-refractivity contribution is -0.139. The minimum Gasteiger partial charge on any atom is -0.481 e. The van der Waals surface area contributed by atoms with Crippen LogP contribution < -0.4 is 0 Å². The quantitative estimate of drug-likeness (QED) is 0.777. The third-order valence-corrected chi connectivity index (χ3v) is 4.16. The molecule has 1 aliphatic heterocycles. The lowest BCUT2D eigenvalue weighted by atomic mass is 9.91. The molecule has 0 spiro atoms. The summed E-state index contributed by atoms with van der Waals surface area (Å²) in [4.78, 5) is 15.6. The highest BCUT2D eigenvalue weighted by Crippen LogP contribution is 2.40. The Labute approximate surface area is 97.2 Å². The summed E-state index contributed by atoms with van der Waals surface area (Å²) >= 11 is 0. The lowest BCUT2D eigenvalue weighted by Crippen LogP contribution is -2.48. The van der Waals surface area contributed by atoms with Crippen molar-refractivity contribution in [3.8, 4) is 0 Å². The zero-order valence-electron chi connectivity index (χ0n) is 10.4. The Morgan fingerprint density at radius 1 is 1.50 bits per heavy atom. The van der Waals surface area contributed by atoms with Gasteiger partial charge in [-0.1, -0.05) is 0 Å². The van der Waals surface area contributed by atoms with Crippen molar-refractivity contribution in [3.63, 3.8) is 0 Å². The fraction of sp³-hybridized carbons (Fsp3) is 0.917. The molecule has 4 heteroatoms. The number of hydrogen-bond donors (Lipinski definition) is 1. The summed E-state index contributed by atoms with van der Waals surface area (Å²) in [6.45, 7) is 3.14. The molecule has 2 atom stereocenters. The first-order valence-electron chi connectivity index (χ1n) is 6.09.